The Hall–Kier alpha value is -0.350. The molecule has 106 valence electrons. The van der Waals surface area contributed by atoms with Crippen molar-refractivity contribution in [3.05, 3.63) is 35.4 Å². The fourth-order valence-corrected chi connectivity index (χ4v) is 3.87. The Morgan fingerprint density at radius 1 is 1.32 bits per heavy atom. The zero-order valence-electron chi connectivity index (χ0n) is 11.5. The summed E-state index contributed by atoms with van der Waals surface area (Å²) in [5.41, 5.74) is 2.28. The predicted molar refractivity (Wildman–Crippen MR) is 88.3 cm³/mol. The number of hydrogen-bond acceptors (Lipinski definition) is 1. The van der Waals surface area contributed by atoms with E-state index in [1.807, 2.05) is 6.07 Å². The lowest BCUT2D eigenvalue weighted by atomic mass is 10.0. The normalized spacial score (nSPS) is 11.4. The van der Waals surface area contributed by atoms with E-state index >= 15 is 0 Å². The molecular formula is C15H21Br2NO. The molecule has 1 aromatic rings. The van der Waals surface area contributed by atoms with E-state index in [9.17, 15) is 4.79 Å². The van der Waals surface area contributed by atoms with Crippen molar-refractivity contribution in [2.24, 2.45) is 0 Å². The summed E-state index contributed by atoms with van der Waals surface area (Å²) < 4.78 is 0. The second kappa shape index (κ2) is 8.05. The van der Waals surface area contributed by atoms with Crippen molar-refractivity contribution in [3.8, 4) is 0 Å². The Bertz CT molecular complexity index is 408. The van der Waals surface area contributed by atoms with Gasteiger partial charge in [0, 0.05) is 17.1 Å². The van der Waals surface area contributed by atoms with Gasteiger partial charge in [-0.1, -0.05) is 68.6 Å². The lowest BCUT2D eigenvalue weighted by Crippen LogP contribution is -2.51. The Kier molecular flexibility index (Phi) is 7.08. The molecule has 0 aliphatic carbocycles. The van der Waals surface area contributed by atoms with Gasteiger partial charge in [0.15, 0.2) is 0 Å². The molecule has 0 aliphatic rings. The number of aryl methyl sites for hydroxylation is 2. The molecule has 0 spiro atoms. The molecule has 4 heteroatoms. The second-order valence-corrected chi connectivity index (χ2v) is 6.06. The number of nitrogens with one attached hydrogen (secondary N) is 1. The molecule has 0 heterocycles. The molecule has 0 bridgehead atoms. The van der Waals surface area contributed by atoms with Crippen molar-refractivity contribution in [2.45, 2.75) is 38.6 Å². The Balaban J connectivity index is 2.52. The van der Waals surface area contributed by atoms with Gasteiger partial charge in [0.25, 0.3) is 0 Å². The fraction of sp³-hybridized carbons (Fsp3) is 0.533. The molecule has 0 aliphatic heterocycles. The van der Waals surface area contributed by atoms with Crippen LogP contribution in [0.2, 0.25) is 0 Å². The van der Waals surface area contributed by atoms with Crippen molar-refractivity contribution in [1.29, 1.82) is 0 Å². The highest BCUT2D eigenvalue weighted by Gasteiger charge is 2.27. The van der Waals surface area contributed by atoms with Gasteiger partial charge in [0.2, 0.25) is 5.91 Å². The maximum absolute atomic E-state index is 12.0. The third-order valence-electron chi connectivity index (χ3n) is 3.32. The summed E-state index contributed by atoms with van der Waals surface area (Å²) in [6.45, 7) is 4.16. The van der Waals surface area contributed by atoms with Crippen molar-refractivity contribution >= 4 is 37.8 Å². The van der Waals surface area contributed by atoms with Gasteiger partial charge in [-0.05, 0) is 25.3 Å². The topological polar surface area (TPSA) is 29.1 Å². The lowest BCUT2D eigenvalue weighted by molar-refractivity contribution is -0.122. The van der Waals surface area contributed by atoms with E-state index in [0.29, 0.717) is 6.42 Å². The predicted octanol–water partition coefficient (Wildman–Crippen LogP) is 3.98. The highest BCUT2D eigenvalue weighted by molar-refractivity contribution is 9.09. The molecule has 19 heavy (non-hydrogen) atoms. The van der Waals surface area contributed by atoms with Gasteiger partial charge in [-0.25, -0.2) is 0 Å². The van der Waals surface area contributed by atoms with Crippen LogP contribution in [0.4, 0.5) is 0 Å². The van der Waals surface area contributed by atoms with E-state index in [4.69, 9.17) is 0 Å². The minimum absolute atomic E-state index is 0.113. The van der Waals surface area contributed by atoms with Crippen LogP contribution in [0.15, 0.2) is 24.3 Å². The molecule has 0 aromatic heterocycles. The maximum Gasteiger partial charge on any atom is 0.220 e. The molecule has 1 rings (SSSR count). The lowest BCUT2D eigenvalue weighted by Gasteiger charge is -2.30. The van der Waals surface area contributed by atoms with Gasteiger partial charge in [-0.2, -0.15) is 0 Å². The number of alkyl halides is 2. The van der Waals surface area contributed by atoms with Crippen molar-refractivity contribution in [1.82, 2.24) is 5.32 Å². The van der Waals surface area contributed by atoms with Crippen LogP contribution in [0.5, 0.6) is 0 Å². The van der Waals surface area contributed by atoms with Crippen LogP contribution in [0, 0.1) is 6.92 Å². The summed E-state index contributed by atoms with van der Waals surface area (Å²) in [4.78, 5) is 12.0. The van der Waals surface area contributed by atoms with E-state index in [1.54, 1.807) is 0 Å². The summed E-state index contributed by atoms with van der Waals surface area (Å²) >= 11 is 6.97. The third kappa shape index (κ3) is 5.27. The minimum atomic E-state index is -0.177. The number of benzene rings is 1. The minimum Gasteiger partial charge on any atom is -0.349 e. The van der Waals surface area contributed by atoms with E-state index in [-0.39, 0.29) is 11.4 Å². The second-order valence-electron chi connectivity index (χ2n) is 4.94. The van der Waals surface area contributed by atoms with E-state index in [2.05, 4.69) is 69.2 Å². The monoisotopic (exact) mass is 389 g/mol. The SMILES string of the molecule is CCC(CBr)(CBr)NC(=O)CCc1cccc(C)c1. The number of hydrogen-bond donors (Lipinski definition) is 1. The van der Waals surface area contributed by atoms with E-state index in [1.165, 1.54) is 11.1 Å². The summed E-state index contributed by atoms with van der Waals surface area (Å²) in [7, 11) is 0. The largest absolute Gasteiger partial charge is 0.349 e. The molecule has 0 saturated heterocycles. The first-order chi connectivity index (χ1) is 9.05. The Morgan fingerprint density at radius 2 is 2.00 bits per heavy atom. The van der Waals surface area contributed by atoms with E-state index in [0.717, 1.165) is 23.5 Å². The molecule has 1 aromatic carbocycles. The Morgan fingerprint density at radius 3 is 2.53 bits per heavy atom. The summed E-state index contributed by atoms with van der Waals surface area (Å²) in [6.07, 6.45) is 2.22. The first-order valence-electron chi connectivity index (χ1n) is 6.53. The number of amides is 1. The van der Waals surface area contributed by atoms with Crippen LogP contribution in [-0.2, 0) is 11.2 Å². The quantitative estimate of drug-likeness (QED) is 0.701. The van der Waals surface area contributed by atoms with Crippen LogP contribution in [0.1, 0.15) is 30.9 Å². The highest BCUT2D eigenvalue weighted by Crippen LogP contribution is 2.17. The first kappa shape index (κ1) is 16.7. The van der Waals surface area contributed by atoms with Crippen LogP contribution < -0.4 is 5.32 Å². The standard InChI is InChI=1S/C15H21Br2NO/c1-3-15(10-16,11-17)18-14(19)8-7-13-6-4-5-12(2)9-13/h4-6,9H,3,7-8,10-11H2,1-2H3,(H,18,19). The molecular weight excluding hydrogens is 370 g/mol. The molecule has 1 amide bonds. The zero-order valence-corrected chi connectivity index (χ0v) is 14.7. The number of carbonyl (C=O) groups is 1. The van der Waals surface area contributed by atoms with Gasteiger partial charge in [-0.15, -0.1) is 0 Å². The molecule has 0 atom stereocenters. The molecule has 0 unspecified atom stereocenters. The van der Waals surface area contributed by atoms with Crippen LogP contribution in [-0.4, -0.2) is 22.1 Å². The van der Waals surface area contributed by atoms with Gasteiger partial charge < -0.3 is 5.32 Å². The van der Waals surface area contributed by atoms with Gasteiger partial charge in [0.1, 0.15) is 0 Å². The molecule has 2 nitrogen and oxygen atoms in total. The number of carbonyl (C=O) groups excluding carboxylic acids is 1. The van der Waals surface area contributed by atoms with Gasteiger partial charge >= 0.3 is 0 Å². The Labute approximate surface area is 132 Å². The average molecular weight is 391 g/mol. The molecule has 1 N–H and O–H groups in total. The third-order valence-corrected chi connectivity index (χ3v) is 5.46. The van der Waals surface area contributed by atoms with Crippen molar-refractivity contribution in [3.63, 3.8) is 0 Å². The maximum atomic E-state index is 12.0. The summed E-state index contributed by atoms with van der Waals surface area (Å²) in [5.74, 6) is 0.113. The van der Waals surface area contributed by atoms with Crippen LogP contribution in [0.3, 0.4) is 0 Å². The first-order valence-corrected chi connectivity index (χ1v) is 8.78. The average Bonchev–Trinajstić information content (AvgIpc) is 2.43. The van der Waals surface area contributed by atoms with Crippen molar-refractivity contribution < 1.29 is 4.79 Å². The van der Waals surface area contributed by atoms with Crippen molar-refractivity contribution in [2.75, 3.05) is 10.7 Å². The molecule has 0 fully saturated rings. The van der Waals surface area contributed by atoms with E-state index < -0.39 is 0 Å². The summed E-state index contributed by atoms with van der Waals surface area (Å²) in [6, 6.07) is 8.31. The zero-order chi connectivity index (χ0) is 14.3. The van der Waals surface area contributed by atoms with Crippen LogP contribution in [0.25, 0.3) is 0 Å². The van der Waals surface area contributed by atoms with Gasteiger partial charge in [-0.3, -0.25) is 4.79 Å². The number of halogens is 2. The smallest absolute Gasteiger partial charge is 0.220 e. The fourth-order valence-electron chi connectivity index (χ4n) is 1.86. The molecule has 0 saturated carbocycles. The van der Waals surface area contributed by atoms with Crippen LogP contribution >= 0.6 is 31.9 Å². The number of rotatable bonds is 7. The highest BCUT2D eigenvalue weighted by atomic mass is 79.9. The molecule has 0 radical (unpaired) electrons. The summed E-state index contributed by atoms with van der Waals surface area (Å²) in [5, 5.41) is 4.66. The van der Waals surface area contributed by atoms with Gasteiger partial charge in [0.05, 0.1) is 5.54 Å².